The standard InChI is InChI=1S/C16H13ClN4/c17-15-14(18)16(20-10-19-15)21-13-8-4-7-12(9-13)11-5-2-1-3-6-11/h1-10H,18H2,(H,19,20,21). The number of rotatable bonds is 3. The fourth-order valence-electron chi connectivity index (χ4n) is 2.02. The number of aromatic nitrogens is 2. The number of nitrogens with two attached hydrogens (primary N) is 1. The second-order valence-electron chi connectivity index (χ2n) is 4.50. The Morgan fingerprint density at radius 3 is 2.48 bits per heavy atom. The van der Waals surface area contributed by atoms with Crippen LogP contribution in [0.15, 0.2) is 60.9 Å². The van der Waals surface area contributed by atoms with Gasteiger partial charge in [-0.1, -0.05) is 54.1 Å². The molecule has 0 saturated heterocycles. The lowest BCUT2D eigenvalue weighted by Crippen LogP contribution is -2.01. The van der Waals surface area contributed by atoms with Gasteiger partial charge in [0, 0.05) is 5.69 Å². The highest BCUT2D eigenvalue weighted by molar-refractivity contribution is 6.32. The largest absolute Gasteiger partial charge is 0.393 e. The minimum Gasteiger partial charge on any atom is -0.393 e. The van der Waals surface area contributed by atoms with Crippen molar-refractivity contribution in [3.8, 4) is 11.1 Å². The summed E-state index contributed by atoms with van der Waals surface area (Å²) in [6, 6.07) is 18.2. The molecule has 4 nitrogen and oxygen atoms in total. The topological polar surface area (TPSA) is 63.8 Å². The molecular formula is C16H13ClN4. The predicted octanol–water partition coefficient (Wildman–Crippen LogP) is 4.12. The average Bonchev–Trinajstić information content (AvgIpc) is 2.53. The zero-order valence-corrected chi connectivity index (χ0v) is 11.9. The van der Waals surface area contributed by atoms with E-state index in [2.05, 4.69) is 33.5 Å². The van der Waals surface area contributed by atoms with Crippen LogP contribution in [0.4, 0.5) is 17.2 Å². The lowest BCUT2D eigenvalue weighted by atomic mass is 10.1. The van der Waals surface area contributed by atoms with Gasteiger partial charge in [0.15, 0.2) is 11.0 Å². The summed E-state index contributed by atoms with van der Waals surface area (Å²) in [5.41, 5.74) is 9.34. The first-order chi connectivity index (χ1) is 10.2. The molecule has 0 aliphatic heterocycles. The van der Waals surface area contributed by atoms with Crippen molar-refractivity contribution in [3.63, 3.8) is 0 Å². The molecule has 5 heteroatoms. The van der Waals surface area contributed by atoms with Crippen molar-refractivity contribution >= 4 is 28.8 Å². The first-order valence-electron chi connectivity index (χ1n) is 6.42. The Morgan fingerprint density at radius 1 is 0.905 bits per heavy atom. The third-order valence-corrected chi connectivity index (χ3v) is 3.37. The lowest BCUT2D eigenvalue weighted by molar-refractivity contribution is 1.17. The van der Waals surface area contributed by atoms with E-state index in [4.69, 9.17) is 17.3 Å². The maximum Gasteiger partial charge on any atom is 0.158 e. The Labute approximate surface area is 127 Å². The maximum atomic E-state index is 5.89. The van der Waals surface area contributed by atoms with Gasteiger partial charge in [-0.2, -0.15) is 0 Å². The van der Waals surface area contributed by atoms with E-state index in [1.165, 1.54) is 6.33 Å². The molecule has 0 aliphatic carbocycles. The van der Waals surface area contributed by atoms with E-state index in [0.717, 1.165) is 16.8 Å². The summed E-state index contributed by atoms with van der Waals surface area (Å²) in [5.74, 6) is 0.500. The van der Waals surface area contributed by atoms with Gasteiger partial charge in [-0.15, -0.1) is 0 Å². The smallest absolute Gasteiger partial charge is 0.158 e. The van der Waals surface area contributed by atoms with E-state index in [1.807, 2.05) is 36.4 Å². The Kier molecular flexibility index (Phi) is 3.71. The second-order valence-corrected chi connectivity index (χ2v) is 4.86. The molecule has 0 aliphatic rings. The minimum atomic E-state index is 0.242. The zero-order valence-electron chi connectivity index (χ0n) is 11.1. The molecule has 21 heavy (non-hydrogen) atoms. The van der Waals surface area contributed by atoms with Crippen LogP contribution in [0.2, 0.25) is 5.15 Å². The molecule has 0 spiro atoms. The Balaban J connectivity index is 1.92. The van der Waals surface area contributed by atoms with Crippen LogP contribution in [-0.2, 0) is 0 Å². The summed E-state index contributed by atoms with van der Waals surface area (Å²) in [4.78, 5) is 7.94. The number of anilines is 3. The Hall–Kier alpha value is -2.59. The van der Waals surface area contributed by atoms with Crippen molar-refractivity contribution in [2.45, 2.75) is 0 Å². The highest BCUT2D eigenvalue weighted by atomic mass is 35.5. The summed E-state index contributed by atoms with van der Waals surface area (Å²) < 4.78 is 0. The van der Waals surface area contributed by atoms with Gasteiger partial charge in [0.25, 0.3) is 0 Å². The minimum absolute atomic E-state index is 0.242. The van der Waals surface area contributed by atoms with Crippen LogP contribution in [0.1, 0.15) is 0 Å². The summed E-state index contributed by atoms with van der Waals surface area (Å²) in [6.45, 7) is 0. The van der Waals surface area contributed by atoms with Crippen LogP contribution >= 0.6 is 11.6 Å². The summed E-state index contributed by atoms with van der Waals surface area (Å²) in [5, 5.41) is 3.40. The first kappa shape index (κ1) is 13.4. The van der Waals surface area contributed by atoms with Gasteiger partial charge in [0.1, 0.15) is 12.0 Å². The number of nitrogen functional groups attached to an aromatic ring is 1. The number of benzene rings is 2. The van der Waals surface area contributed by atoms with Crippen molar-refractivity contribution in [1.29, 1.82) is 0 Å². The number of hydrogen-bond acceptors (Lipinski definition) is 4. The fourth-order valence-corrected chi connectivity index (χ4v) is 2.15. The zero-order chi connectivity index (χ0) is 14.7. The normalized spacial score (nSPS) is 10.3. The molecule has 0 bridgehead atoms. The van der Waals surface area contributed by atoms with Crippen LogP contribution in [-0.4, -0.2) is 9.97 Å². The number of nitrogens with one attached hydrogen (secondary N) is 1. The average molecular weight is 297 g/mol. The Morgan fingerprint density at radius 2 is 1.67 bits per heavy atom. The maximum absolute atomic E-state index is 5.89. The molecule has 3 N–H and O–H groups in total. The van der Waals surface area contributed by atoms with E-state index in [-0.39, 0.29) is 5.15 Å². The van der Waals surface area contributed by atoms with E-state index in [9.17, 15) is 0 Å². The highest BCUT2D eigenvalue weighted by Gasteiger charge is 2.06. The van der Waals surface area contributed by atoms with E-state index in [0.29, 0.717) is 11.5 Å². The van der Waals surface area contributed by atoms with Crippen LogP contribution in [0, 0.1) is 0 Å². The van der Waals surface area contributed by atoms with Crippen molar-refractivity contribution < 1.29 is 0 Å². The molecule has 0 fully saturated rings. The Bertz CT molecular complexity index is 759. The second kappa shape index (κ2) is 5.81. The molecule has 0 saturated carbocycles. The molecule has 2 aromatic carbocycles. The molecule has 104 valence electrons. The van der Waals surface area contributed by atoms with Crippen LogP contribution in [0.3, 0.4) is 0 Å². The number of halogens is 1. The molecule has 0 amide bonds. The lowest BCUT2D eigenvalue weighted by Gasteiger charge is -2.10. The van der Waals surface area contributed by atoms with Crippen molar-refractivity contribution in [1.82, 2.24) is 9.97 Å². The van der Waals surface area contributed by atoms with Gasteiger partial charge in [-0.3, -0.25) is 0 Å². The quantitative estimate of drug-likeness (QED) is 0.714. The first-order valence-corrected chi connectivity index (χ1v) is 6.80. The summed E-state index contributed by atoms with van der Waals surface area (Å²) >= 11 is 5.89. The van der Waals surface area contributed by atoms with Crippen molar-refractivity contribution in [3.05, 3.63) is 66.1 Å². The summed E-state index contributed by atoms with van der Waals surface area (Å²) in [7, 11) is 0. The number of nitrogens with zero attached hydrogens (tertiary/aromatic N) is 2. The van der Waals surface area contributed by atoms with Gasteiger partial charge in [0.2, 0.25) is 0 Å². The van der Waals surface area contributed by atoms with Gasteiger partial charge < -0.3 is 11.1 Å². The third kappa shape index (κ3) is 2.95. The molecule has 0 atom stereocenters. The fraction of sp³-hybridized carbons (Fsp3) is 0. The molecule has 1 aromatic heterocycles. The molecule has 3 aromatic rings. The van der Waals surface area contributed by atoms with Crippen LogP contribution in [0.25, 0.3) is 11.1 Å². The predicted molar refractivity (Wildman–Crippen MR) is 86.6 cm³/mol. The SMILES string of the molecule is Nc1c(Cl)ncnc1Nc1cccc(-c2ccccc2)c1. The molecule has 3 rings (SSSR count). The molecule has 0 radical (unpaired) electrons. The third-order valence-electron chi connectivity index (χ3n) is 3.07. The highest BCUT2D eigenvalue weighted by Crippen LogP contribution is 2.28. The summed E-state index contributed by atoms with van der Waals surface area (Å²) in [6.07, 6.45) is 1.38. The van der Waals surface area contributed by atoms with Gasteiger partial charge in [0.05, 0.1) is 0 Å². The van der Waals surface area contributed by atoms with E-state index >= 15 is 0 Å². The monoisotopic (exact) mass is 296 g/mol. The van der Waals surface area contributed by atoms with E-state index < -0.39 is 0 Å². The molecular weight excluding hydrogens is 284 g/mol. The van der Waals surface area contributed by atoms with E-state index in [1.54, 1.807) is 0 Å². The number of hydrogen-bond donors (Lipinski definition) is 2. The molecule has 1 heterocycles. The van der Waals surface area contributed by atoms with Gasteiger partial charge in [-0.25, -0.2) is 9.97 Å². The van der Waals surface area contributed by atoms with Crippen molar-refractivity contribution in [2.24, 2.45) is 0 Å². The van der Waals surface area contributed by atoms with Gasteiger partial charge >= 0.3 is 0 Å². The van der Waals surface area contributed by atoms with Gasteiger partial charge in [-0.05, 0) is 23.3 Å². The molecule has 0 unspecified atom stereocenters. The van der Waals surface area contributed by atoms with Crippen LogP contribution in [0.5, 0.6) is 0 Å². The van der Waals surface area contributed by atoms with Crippen LogP contribution < -0.4 is 11.1 Å². The van der Waals surface area contributed by atoms with Crippen molar-refractivity contribution in [2.75, 3.05) is 11.1 Å².